The summed E-state index contributed by atoms with van der Waals surface area (Å²) in [4.78, 5) is 0. The summed E-state index contributed by atoms with van der Waals surface area (Å²) >= 11 is 0. The summed E-state index contributed by atoms with van der Waals surface area (Å²) in [5, 5.41) is 0. The molecule has 0 aliphatic rings. The topological polar surface area (TPSA) is 9.23 Å². The second-order valence-electron chi connectivity index (χ2n) is 4.93. The van der Waals surface area contributed by atoms with E-state index in [0.717, 1.165) is 18.8 Å². The van der Waals surface area contributed by atoms with Crippen LogP contribution >= 0.6 is 0 Å². The molecule has 0 saturated heterocycles. The second-order valence-corrected chi connectivity index (χ2v) is 4.93. The lowest BCUT2D eigenvalue weighted by atomic mass is 9.78. The molecule has 1 unspecified atom stereocenters. The molecule has 0 spiro atoms. The molecule has 0 radical (unpaired) electrons. The van der Waals surface area contributed by atoms with E-state index < -0.39 is 0 Å². The van der Waals surface area contributed by atoms with Crippen molar-refractivity contribution >= 4 is 0 Å². The van der Waals surface area contributed by atoms with Crippen LogP contribution in [0.1, 0.15) is 79.1 Å². The standard InChI is InChI=1S/C15H32O/c1-6-10-11-12-13-14(7-2)15(8-3,9-4)16-5/h14H,6-13H2,1-5H3. The minimum absolute atomic E-state index is 0.140. The van der Waals surface area contributed by atoms with Crippen LogP contribution < -0.4 is 0 Å². The Balaban J connectivity index is 4.21. The summed E-state index contributed by atoms with van der Waals surface area (Å²) in [7, 11) is 1.89. The fraction of sp³-hybridized carbons (Fsp3) is 1.00. The van der Waals surface area contributed by atoms with E-state index in [-0.39, 0.29) is 5.60 Å². The Morgan fingerprint density at radius 1 is 0.938 bits per heavy atom. The zero-order valence-corrected chi connectivity index (χ0v) is 12.1. The maximum Gasteiger partial charge on any atom is 0.0701 e. The molecular formula is C15H32O. The van der Waals surface area contributed by atoms with Crippen LogP contribution in [0.4, 0.5) is 0 Å². The van der Waals surface area contributed by atoms with Gasteiger partial charge < -0.3 is 4.74 Å². The summed E-state index contributed by atoms with van der Waals surface area (Å²) in [6.07, 6.45) is 10.4. The molecule has 16 heavy (non-hydrogen) atoms. The molecule has 0 saturated carbocycles. The van der Waals surface area contributed by atoms with Gasteiger partial charge in [0.1, 0.15) is 0 Å². The summed E-state index contributed by atoms with van der Waals surface area (Å²) in [6.45, 7) is 9.11. The summed E-state index contributed by atoms with van der Waals surface area (Å²) in [5.74, 6) is 0.740. The normalized spacial score (nSPS) is 14.1. The van der Waals surface area contributed by atoms with Crippen molar-refractivity contribution in [2.45, 2.75) is 84.7 Å². The number of rotatable bonds is 10. The van der Waals surface area contributed by atoms with Gasteiger partial charge in [-0.3, -0.25) is 0 Å². The number of methoxy groups -OCH3 is 1. The molecule has 0 rings (SSSR count). The van der Waals surface area contributed by atoms with Gasteiger partial charge in [-0.25, -0.2) is 0 Å². The fourth-order valence-electron chi connectivity index (χ4n) is 2.94. The number of ether oxygens (including phenoxy) is 1. The maximum atomic E-state index is 5.85. The molecule has 0 aliphatic heterocycles. The van der Waals surface area contributed by atoms with E-state index >= 15 is 0 Å². The van der Waals surface area contributed by atoms with E-state index in [9.17, 15) is 0 Å². The predicted octanol–water partition coefficient (Wildman–Crippen LogP) is 5.19. The van der Waals surface area contributed by atoms with Crippen LogP contribution in [0, 0.1) is 5.92 Å². The highest BCUT2D eigenvalue weighted by Gasteiger charge is 2.33. The lowest BCUT2D eigenvalue weighted by Gasteiger charge is -2.38. The Morgan fingerprint density at radius 3 is 1.94 bits per heavy atom. The van der Waals surface area contributed by atoms with Gasteiger partial charge >= 0.3 is 0 Å². The molecule has 0 aromatic rings. The minimum atomic E-state index is 0.140. The van der Waals surface area contributed by atoms with Crippen molar-refractivity contribution in [2.75, 3.05) is 7.11 Å². The summed E-state index contributed by atoms with van der Waals surface area (Å²) < 4.78 is 5.85. The van der Waals surface area contributed by atoms with Crippen LogP contribution in [0.2, 0.25) is 0 Å². The van der Waals surface area contributed by atoms with E-state index in [1.54, 1.807) is 0 Å². The van der Waals surface area contributed by atoms with Crippen molar-refractivity contribution < 1.29 is 4.74 Å². The average Bonchev–Trinajstić information content (AvgIpc) is 2.34. The number of unbranched alkanes of at least 4 members (excludes halogenated alkanes) is 3. The largest absolute Gasteiger partial charge is 0.378 e. The Labute approximate surface area is 103 Å². The third-order valence-corrected chi connectivity index (χ3v) is 4.25. The zero-order chi connectivity index (χ0) is 12.4. The quantitative estimate of drug-likeness (QED) is 0.468. The highest BCUT2D eigenvalue weighted by atomic mass is 16.5. The minimum Gasteiger partial charge on any atom is -0.378 e. The first kappa shape index (κ1) is 16.0. The van der Waals surface area contributed by atoms with Crippen molar-refractivity contribution in [1.29, 1.82) is 0 Å². The molecule has 0 aromatic carbocycles. The molecule has 1 heteroatoms. The summed E-state index contributed by atoms with van der Waals surface area (Å²) in [5.41, 5.74) is 0.140. The monoisotopic (exact) mass is 228 g/mol. The Morgan fingerprint density at radius 2 is 1.56 bits per heavy atom. The van der Waals surface area contributed by atoms with Gasteiger partial charge in [0.05, 0.1) is 5.60 Å². The lowest BCUT2D eigenvalue weighted by molar-refractivity contribution is -0.0691. The van der Waals surface area contributed by atoms with Gasteiger partial charge in [0.25, 0.3) is 0 Å². The molecule has 0 bridgehead atoms. The summed E-state index contributed by atoms with van der Waals surface area (Å²) in [6, 6.07) is 0. The predicted molar refractivity (Wildman–Crippen MR) is 72.9 cm³/mol. The molecule has 0 aromatic heterocycles. The Hall–Kier alpha value is -0.0400. The van der Waals surface area contributed by atoms with Crippen LogP contribution in [0.25, 0.3) is 0 Å². The van der Waals surface area contributed by atoms with Crippen molar-refractivity contribution in [3.8, 4) is 0 Å². The van der Waals surface area contributed by atoms with E-state index in [4.69, 9.17) is 4.74 Å². The lowest BCUT2D eigenvalue weighted by Crippen LogP contribution is -2.38. The Bertz CT molecular complexity index is 141. The first-order valence-corrected chi connectivity index (χ1v) is 7.25. The number of hydrogen-bond acceptors (Lipinski definition) is 1. The average molecular weight is 228 g/mol. The van der Waals surface area contributed by atoms with Gasteiger partial charge in [-0.15, -0.1) is 0 Å². The van der Waals surface area contributed by atoms with Gasteiger partial charge in [0.2, 0.25) is 0 Å². The van der Waals surface area contributed by atoms with Crippen LogP contribution in [-0.2, 0) is 4.74 Å². The van der Waals surface area contributed by atoms with Gasteiger partial charge in [-0.05, 0) is 25.2 Å². The molecule has 0 N–H and O–H groups in total. The number of hydrogen-bond donors (Lipinski definition) is 0. The van der Waals surface area contributed by atoms with E-state index in [0.29, 0.717) is 0 Å². The molecular weight excluding hydrogens is 196 g/mol. The highest BCUT2D eigenvalue weighted by Crippen LogP contribution is 2.35. The Kier molecular flexibility index (Phi) is 9.02. The third kappa shape index (κ3) is 4.45. The van der Waals surface area contributed by atoms with Gasteiger partial charge in [-0.1, -0.05) is 59.8 Å². The van der Waals surface area contributed by atoms with Crippen LogP contribution in [-0.4, -0.2) is 12.7 Å². The van der Waals surface area contributed by atoms with Crippen molar-refractivity contribution in [3.05, 3.63) is 0 Å². The molecule has 1 atom stereocenters. The molecule has 0 amide bonds. The van der Waals surface area contributed by atoms with Gasteiger partial charge in [0, 0.05) is 7.11 Å². The van der Waals surface area contributed by atoms with E-state index in [2.05, 4.69) is 27.7 Å². The fourth-order valence-corrected chi connectivity index (χ4v) is 2.94. The smallest absolute Gasteiger partial charge is 0.0701 e. The highest BCUT2D eigenvalue weighted by molar-refractivity contribution is 4.85. The van der Waals surface area contributed by atoms with Gasteiger partial charge in [0.15, 0.2) is 0 Å². The first-order chi connectivity index (χ1) is 7.70. The van der Waals surface area contributed by atoms with Crippen LogP contribution in [0.3, 0.4) is 0 Å². The van der Waals surface area contributed by atoms with Crippen molar-refractivity contribution in [3.63, 3.8) is 0 Å². The molecule has 0 aliphatic carbocycles. The van der Waals surface area contributed by atoms with Crippen molar-refractivity contribution in [2.24, 2.45) is 5.92 Å². The van der Waals surface area contributed by atoms with E-state index in [1.807, 2.05) is 7.11 Å². The van der Waals surface area contributed by atoms with Crippen LogP contribution in [0.5, 0.6) is 0 Å². The maximum absolute atomic E-state index is 5.85. The molecule has 98 valence electrons. The molecule has 1 nitrogen and oxygen atoms in total. The molecule has 0 heterocycles. The van der Waals surface area contributed by atoms with Crippen molar-refractivity contribution in [1.82, 2.24) is 0 Å². The zero-order valence-electron chi connectivity index (χ0n) is 12.1. The van der Waals surface area contributed by atoms with Gasteiger partial charge in [-0.2, -0.15) is 0 Å². The van der Waals surface area contributed by atoms with E-state index in [1.165, 1.54) is 38.5 Å². The molecule has 0 fully saturated rings. The second kappa shape index (κ2) is 9.04. The SMILES string of the molecule is CCCCCCC(CC)C(CC)(CC)OC. The third-order valence-electron chi connectivity index (χ3n) is 4.25. The van der Waals surface area contributed by atoms with Crippen LogP contribution in [0.15, 0.2) is 0 Å². The first-order valence-electron chi connectivity index (χ1n) is 7.25.